The Hall–Kier alpha value is -1.94. The van der Waals surface area contributed by atoms with Crippen molar-refractivity contribution >= 4 is 16.9 Å². The van der Waals surface area contributed by atoms with Gasteiger partial charge in [0, 0.05) is 30.6 Å². The molecule has 3 rings (SSSR count). The lowest BCUT2D eigenvalue weighted by atomic mass is 9.87. The Balaban J connectivity index is 2.06. The molecule has 0 spiro atoms. The van der Waals surface area contributed by atoms with Gasteiger partial charge in [-0.25, -0.2) is 0 Å². The van der Waals surface area contributed by atoms with E-state index in [9.17, 15) is 4.79 Å². The molecule has 2 heterocycles. The van der Waals surface area contributed by atoms with Crippen molar-refractivity contribution in [3.05, 3.63) is 42.1 Å². The first-order valence-corrected chi connectivity index (χ1v) is 6.43. The van der Waals surface area contributed by atoms with Gasteiger partial charge in [0.2, 0.25) is 0 Å². The Bertz CT molecular complexity index is 607. The first kappa shape index (κ1) is 12.1. The number of ether oxygens (including phenoxy) is 1. The lowest BCUT2D eigenvalue weighted by Crippen LogP contribution is -2.23. The molecular formula is C15H16N2O2. The number of rotatable bonds is 2. The summed E-state index contributed by atoms with van der Waals surface area (Å²) in [4.78, 5) is 16.3. The highest BCUT2D eigenvalue weighted by molar-refractivity contribution is 5.83. The smallest absolute Gasteiger partial charge is 0.310 e. The number of nitrogens with zero attached hydrogens (tertiary/aromatic N) is 1. The number of aromatic nitrogens is 1. The van der Waals surface area contributed by atoms with Crippen LogP contribution in [0.4, 0.5) is 0 Å². The van der Waals surface area contributed by atoms with E-state index in [1.807, 2.05) is 24.3 Å². The number of para-hydroxylation sites is 1. The lowest BCUT2D eigenvalue weighted by Gasteiger charge is -2.18. The van der Waals surface area contributed by atoms with Crippen molar-refractivity contribution in [3.63, 3.8) is 0 Å². The monoisotopic (exact) mass is 256 g/mol. The minimum Gasteiger partial charge on any atom is -0.469 e. The third kappa shape index (κ3) is 2.08. The molecular weight excluding hydrogens is 240 g/mol. The minimum absolute atomic E-state index is 0.127. The largest absolute Gasteiger partial charge is 0.469 e. The zero-order chi connectivity index (χ0) is 13.2. The van der Waals surface area contributed by atoms with E-state index in [0.717, 1.165) is 23.0 Å². The third-order valence-corrected chi connectivity index (χ3v) is 3.78. The number of esters is 1. The fraction of sp³-hybridized carbons (Fsp3) is 0.333. The molecule has 4 nitrogen and oxygen atoms in total. The normalized spacial score (nSPS) is 22.6. The maximum atomic E-state index is 11.9. The van der Waals surface area contributed by atoms with Gasteiger partial charge in [-0.3, -0.25) is 9.78 Å². The number of methoxy groups -OCH3 is 1. The maximum absolute atomic E-state index is 11.9. The Morgan fingerprint density at radius 3 is 3.00 bits per heavy atom. The molecule has 98 valence electrons. The summed E-state index contributed by atoms with van der Waals surface area (Å²) in [5.74, 6) is -0.147. The molecule has 19 heavy (non-hydrogen) atoms. The van der Waals surface area contributed by atoms with Crippen LogP contribution >= 0.6 is 0 Å². The van der Waals surface area contributed by atoms with Crippen LogP contribution in [0, 0.1) is 5.92 Å². The second-order valence-corrected chi connectivity index (χ2v) is 4.82. The highest BCUT2D eigenvalue weighted by atomic mass is 16.5. The highest BCUT2D eigenvalue weighted by Crippen LogP contribution is 2.32. The number of hydrogen-bond donors (Lipinski definition) is 1. The van der Waals surface area contributed by atoms with Crippen molar-refractivity contribution in [3.8, 4) is 0 Å². The van der Waals surface area contributed by atoms with Gasteiger partial charge in [0.1, 0.15) is 0 Å². The molecule has 2 unspecified atom stereocenters. The number of nitrogens with one attached hydrogen (secondary N) is 1. The molecule has 0 saturated carbocycles. The van der Waals surface area contributed by atoms with Crippen molar-refractivity contribution in [2.75, 3.05) is 20.2 Å². The van der Waals surface area contributed by atoms with E-state index in [0.29, 0.717) is 6.54 Å². The van der Waals surface area contributed by atoms with Gasteiger partial charge in [-0.1, -0.05) is 24.3 Å². The van der Waals surface area contributed by atoms with Crippen LogP contribution in [-0.2, 0) is 9.53 Å². The van der Waals surface area contributed by atoms with Crippen molar-refractivity contribution in [1.29, 1.82) is 0 Å². The Labute approximate surface area is 111 Å². The van der Waals surface area contributed by atoms with E-state index >= 15 is 0 Å². The average molecular weight is 256 g/mol. The zero-order valence-electron chi connectivity index (χ0n) is 10.8. The number of benzene rings is 1. The Kier molecular flexibility index (Phi) is 3.17. The van der Waals surface area contributed by atoms with Crippen molar-refractivity contribution < 1.29 is 9.53 Å². The Morgan fingerprint density at radius 2 is 2.16 bits per heavy atom. The lowest BCUT2D eigenvalue weighted by molar-refractivity contribution is -0.145. The summed E-state index contributed by atoms with van der Waals surface area (Å²) >= 11 is 0. The molecule has 0 bridgehead atoms. The molecule has 1 aromatic carbocycles. The zero-order valence-corrected chi connectivity index (χ0v) is 10.8. The molecule has 1 fully saturated rings. The molecule has 1 N–H and O–H groups in total. The topological polar surface area (TPSA) is 51.2 Å². The van der Waals surface area contributed by atoms with Crippen LogP contribution in [0.25, 0.3) is 10.9 Å². The minimum atomic E-state index is -0.150. The molecule has 0 amide bonds. The second-order valence-electron chi connectivity index (χ2n) is 4.82. The molecule has 1 aliphatic heterocycles. The summed E-state index contributed by atoms with van der Waals surface area (Å²) < 4.78 is 4.90. The molecule has 4 heteroatoms. The van der Waals surface area contributed by atoms with E-state index in [-0.39, 0.29) is 17.8 Å². The molecule has 2 atom stereocenters. The van der Waals surface area contributed by atoms with Gasteiger partial charge in [-0.15, -0.1) is 0 Å². The highest BCUT2D eigenvalue weighted by Gasteiger charge is 2.35. The molecule has 0 radical (unpaired) electrons. The van der Waals surface area contributed by atoms with Gasteiger partial charge >= 0.3 is 5.97 Å². The van der Waals surface area contributed by atoms with Gasteiger partial charge in [-0.2, -0.15) is 0 Å². The third-order valence-electron chi connectivity index (χ3n) is 3.78. The predicted molar refractivity (Wildman–Crippen MR) is 72.9 cm³/mol. The number of carbonyl (C=O) groups excluding carboxylic acids is 1. The summed E-state index contributed by atoms with van der Waals surface area (Å²) in [7, 11) is 1.44. The number of carbonyl (C=O) groups is 1. The molecule has 0 aliphatic carbocycles. The summed E-state index contributed by atoms with van der Waals surface area (Å²) in [6.45, 7) is 1.45. The summed E-state index contributed by atoms with van der Waals surface area (Å²) in [5.41, 5.74) is 2.10. The second kappa shape index (κ2) is 4.97. The maximum Gasteiger partial charge on any atom is 0.310 e. The first-order chi connectivity index (χ1) is 9.31. The van der Waals surface area contributed by atoms with Crippen molar-refractivity contribution in [2.45, 2.75) is 5.92 Å². The SMILES string of the molecule is COC(=O)C1CNCC1c1cccc2cccnc12. The fourth-order valence-corrected chi connectivity index (χ4v) is 2.83. The van der Waals surface area contributed by atoms with Gasteiger partial charge < -0.3 is 10.1 Å². The van der Waals surface area contributed by atoms with E-state index in [2.05, 4.69) is 16.4 Å². The Morgan fingerprint density at radius 1 is 1.32 bits per heavy atom. The van der Waals surface area contributed by atoms with E-state index < -0.39 is 0 Å². The van der Waals surface area contributed by atoms with Gasteiger partial charge in [0.15, 0.2) is 0 Å². The number of fused-ring (bicyclic) bond motifs is 1. The summed E-state index contributed by atoms with van der Waals surface area (Å²) in [6.07, 6.45) is 1.79. The molecule has 2 aromatic rings. The summed E-state index contributed by atoms with van der Waals surface area (Å²) in [6, 6.07) is 10.1. The average Bonchev–Trinajstić information content (AvgIpc) is 2.95. The van der Waals surface area contributed by atoms with Crippen LogP contribution in [-0.4, -0.2) is 31.2 Å². The van der Waals surface area contributed by atoms with Crippen LogP contribution in [0.5, 0.6) is 0 Å². The van der Waals surface area contributed by atoms with Crippen LogP contribution in [0.15, 0.2) is 36.5 Å². The van der Waals surface area contributed by atoms with Gasteiger partial charge in [0.05, 0.1) is 18.5 Å². The van der Waals surface area contributed by atoms with Crippen molar-refractivity contribution in [1.82, 2.24) is 10.3 Å². The first-order valence-electron chi connectivity index (χ1n) is 6.43. The van der Waals surface area contributed by atoms with Crippen LogP contribution < -0.4 is 5.32 Å². The van der Waals surface area contributed by atoms with Crippen LogP contribution in [0.1, 0.15) is 11.5 Å². The molecule has 1 aromatic heterocycles. The van der Waals surface area contributed by atoms with Crippen LogP contribution in [0.2, 0.25) is 0 Å². The number of hydrogen-bond acceptors (Lipinski definition) is 4. The van der Waals surface area contributed by atoms with Crippen LogP contribution in [0.3, 0.4) is 0 Å². The van der Waals surface area contributed by atoms with E-state index in [4.69, 9.17) is 4.74 Å². The standard InChI is InChI=1S/C15H16N2O2/c1-19-15(18)13-9-16-8-12(13)11-6-2-4-10-5-3-7-17-14(10)11/h2-7,12-13,16H,8-9H2,1H3. The predicted octanol–water partition coefficient (Wildman–Crippen LogP) is 1.71. The van der Waals surface area contributed by atoms with E-state index in [1.54, 1.807) is 6.20 Å². The molecule has 1 aliphatic rings. The quantitative estimate of drug-likeness (QED) is 0.831. The fourth-order valence-electron chi connectivity index (χ4n) is 2.83. The van der Waals surface area contributed by atoms with E-state index in [1.165, 1.54) is 7.11 Å². The molecule has 1 saturated heterocycles. The number of pyridine rings is 1. The van der Waals surface area contributed by atoms with Gasteiger partial charge in [-0.05, 0) is 11.6 Å². The van der Waals surface area contributed by atoms with Crippen molar-refractivity contribution in [2.24, 2.45) is 5.92 Å². The van der Waals surface area contributed by atoms with Gasteiger partial charge in [0.25, 0.3) is 0 Å². The summed E-state index contributed by atoms with van der Waals surface area (Å²) in [5, 5.41) is 4.38.